The Labute approximate surface area is 119 Å². The quantitative estimate of drug-likeness (QED) is 0.891. The minimum atomic E-state index is -0.848. The molecule has 0 unspecified atom stereocenters. The van der Waals surface area contributed by atoms with Crippen LogP contribution in [0.2, 0.25) is 0 Å². The first-order valence-corrected chi connectivity index (χ1v) is 6.97. The van der Waals surface area contributed by atoms with Gasteiger partial charge in [0.1, 0.15) is 5.54 Å². The summed E-state index contributed by atoms with van der Waals surface area (Å²) < 4.78 is 1.90. The van der Waals surface area contributed by atoms with Crippen LogP contribution in [-0.2, 0) is 22.7 Å². The van der Waals surface area contributed by atoms with Gasteiger partial charge in [0.05, 0.1) is 17.9 Å². The van der Waals surface area contributed by atoms with Crippen molar-refractivity contribution in [1.82, 2.24) is 20.0 Å². The van der Waals surface area contributed by atoms with Gasteiger partial charge in [-0.1, -0.05) is 0 Å². The Morgan fingerprint density at radius 3 is 2.75 bits per heavy atom. The Bertz CT molecular complexity index is 533. The molecule has 0 aromatic carbocycles. The molecule has 0 atom stereocenters. The molecular formula is C14H22N4O2. The molecule has 2 amide bonds. The van der Waals surface area contributed by atoms with Crippen LogP contribution in [0.5, 0.6) is 0 Å². The molecule has 0 spiro atoms. The van der Waals surface area contributed by atoms with E-state index in [0.29, 0.717) is 19.5 Å². The molecular weight excluding hydrogens is 256 g/mol. The van der Waals surface area contributed by atoms with Crippen molar-refractivity contribution < 1.29 is 9.59 Å². The van der Waals surface area contributed by atoms with E-state index in [-0.39, 0.29) is 11.8 Å². The van der Waals surface area contributed by atoms with Crippen molar-refractivity contribution in [3.8, 4) is 0 Å². The van der Waals surface area contributed by atoms with Crippen LogP contribution in [0.3, 0.4) is 0 Å². The number of nitrogens with zero attached hydrogens (tertiary/aromatic N) is 3. The fourth-order valence-electron chi connectivity index (χ4n) is 2.54. The van der Waals surface area contributed by atoms with Gasteiger partial charge in [-0.15, -0.1) is 0 Å². The molecule has 1 N–H and O–H groups in total. The Morgan fingerprint density at radius 1 is 1.40 bits per heavy atom. The maximum atomic E-state index is 12.5. The average molecular weight is 278 g/mol. The largest absolute Gasteiger partial charge is 0.342 e. The first-order valence-electron chi connectivity index (χ1n) is 6.97. The zero-order chi connectivity index (χ0) is 14.9. The van der Waals surface area contributed by atoms with Gasteiger partial charge in [0.2, 0.25) is 11.8 Å². The predicted molar refractivity (Wildman–Crippen MR) is 74.9 cm³/mol. The fraction of sp³-hybridized carbons (Fsp3) is 0.643. The van der Waals surface area contributed by atoms with Crippen molar-refractivity contribution in [2.24, 2.45) is 0 Å². The summed E-state index contributed by atoms with van der Waals surface area (Å²) in [6.45, 7) is 9.16. The summed E-state index contributed by atoms with van der Waals surface area (Å²) in [7, 11) is 0. The number of nitrogens with one attached hydrogen (secondary N) is 1. The molecule has 0 radical (unpaired) electrons. The summed E-state index contributed by atoms with van der Waals surface area (Å²) in [6, 6.07) is 1.99. The lowest BCUT2D eigenvalue weighted by Gasteiger charge is -2.28. The maximum Gasteiger partial charge on any atom is 0.248 e. The molecule has 110 valence electrons. The first kappa shape index (κ1) is 14.6. The van der Waals surface area contributed by atoms with Gasteiger partial charge in [-0.05, 0) is 33.8 Å². The highest BCUT2D eigenvalue weighted by molar-refractivity contribution is 5.92. The molecule has 1 aliphatic rings. The summed E-state index contributed by atoms with van der Waals surface area (Å²) in [6.07, 6.45) is 0.342. The van der Waals surface area contributed by atoms with Crippen molar-refractivity contribution in [1.29, 1.82) is 0 Å². The lowest BCUT2D eigenvalue weighted by Crippen LogP contribution is -2.52. The van der Waals surface area contributed by atoms with Crippen LogP contribution in [0.4, 0.5) is 0 Å². The van der Waals surface area contributed by atoms with E-state index in [4.69, 9.17) is 0 Å². The normalized spacial score (nSPS) is 18.9. The second-order valence-electron chi connectivity index (χ2n) is 5.74. The van der Waals surface area contributed by atoms with Crippen LogP contribution in [-0.4, -0.2) is 38.6 Å². The van der Waals surface area contributed by atoms with Crippen molar-refractivity contribution in [2.45, 2.75) is 52.7 Å². The van der Waals surface area contributed by atoms with Gasteiger partial charge in [-0.3, -0.25) is 14.3 Å². The minimum Gasteiger partial charge on any atom is -0.342 e. The van der Waals surface area contributed by atoms with Gasteiger partial charge in [0.25, 0.3) is 0 Å². The SMILES string of the molecule is CCn1nc(C)cc1CN1CCC(=O)NC(C)(C)C1=O. The summed E-state index contributed by atoms with van der Waals surface area (Å²) in [5.41, 5.74) is 1.10. The maximum absolute atomic E-state index is 12.5. The third-order valence-corrected chi connectivity index (χ3v) is 3.52. The van der Waals surface area contributed by atoms with Crippen LogP contribution in [0, 0.1) is 6.92 Å². The van der Waals surface area contributed by atoms with E-state index in [1.165, 1.54) is 0 Å². The monoisotopic (exact) mass is 278 g/mol. The van der Waals surface area contributed by atoms with E-state index in [0.717, 1.165) is 17.9 Å². The Morgan fingerprint density at radius 2 is 2.10 bits per heavy atom. The van der Waals surface area contributed by atoms with Gasteiger partial charge in [0, 0.05) is 19.5 Å². The van der Waals surface area contributed by atoms with E-state index >= 15 is 0 Å². The minimum absolute atomic E-state index is 0.0511. The molecule has 2 rings (SSSR count). The van der Waals surface area contributed by atoms with Crippen LogP contribution in [0.15, 0.2) is 6.07 Å². The third-order valence-electron chi connectivity index (χ3n) is 3.52. The highest BCUT2D eigenvalue weighted by Gasteiger charge is 2.36. The van der Waals surface area contributed by atoms with Crippen LogP contribution in [0.25, 0.3) is 0 Å². The second-order valence-corrected chi connectivity index (χ2v) is 5.74. The van der Waals surface area contributed by atoms with E-state index in [9.17, 15) is 9.59 Å². The van der Waals surface area contributed by atoms with Crippen LogP contribution in [0.1, 0.15) is 38.6 Å². The van der Waals surface area contributed by atoms with Crippen molar-refractivity contribution in [3.05, 3.63) is 17.5 Å². The van der Waals surface area contributed by atoms with E-state index in [1.807, 2.05) is 24.6 Å². The molecule has 0 bridgehead atoms. The number of hydrogen-bond donors (Lipinski definition) is 1. The number of hydrogen-bond acceptors (Lipinski definition) is 3. The number of rotatable bonds is 3. The fourth-order valence-corrected chi connectivity index (χ4v) is 2.54. The van der Waals surface area contributed by atoms with Gasteiger partial charge < -0.3 is 10.2 Å². The zero-order valence-corrected chi connectivity index (χ0v) is 12.6. The van der Waals surface area contributed by atoms with Gasteiger partial charge in [-0.2, -0.15) is 5.10 Å². The molecule has 1 aromatic heterocycles. The highest BCUT2D eigenvalue weighted by atomic mass is 16.2. The molecule has 1 aliphatic heterocycles. The van der Waals surface area contributed by atoms with Gasteiger partial charge in [0.15, 0.2) is 0 Å². The molecule has 1 aromatic rings. The molecule has 2 heterocycles. The highest BCUT2D eigenvalue weighted by Crippen LogP contribution is 2.16. The Kier molecular flexibility index (Phi) is 3.83. The summed E-state index contributed by atoms with van der Waals surface area (Å²) in [5, 5.41) is 7.16. The topological polar surface area (TPSA) is 67.2 Å². The molecule has 20 heavy (non-hydrogen) atoms. The van der Waals surface area contributed by atoms with Gasteiger partial charge in [-0.25, -0.2) is 0 Å². The molecule has 6 nitrogen and oxygen atoms in total. The van der Waals surface area contributed by atoms with Crippen molar-refractivity contribution in [2.75, 3.05) is 6.54 Å². The van der Waals surface area contributed by atoms with Crippen molar-refractivity contribution >= 4 is 11.8 Å². The molecule has 6 heteroatoms. The molecule has 0 saturated carbocycles. The molecule has 1 fully saturated rings. The smallest absolute Gasteiger partial charge is 0.248 e. The van der Waals surface area contributed by atoms with Gasteiger partial charge >= 0.3 is 0 Å². The first-order chi connectivity index (χ1) is 9.33. The summed E-state index contributed by atoms with van der Waals surface area (Å²) >= 11 is 0. The molecule has 1 saturated heterocycles. The van der Waals surface area contributed by atoms with E-state index in [1.54, 1.807) is 18.7 Å². The standard InChI is InChI=1S/C14H22N4O2/c1-5-18-11(8-10(2)16-18)9-17-7-6-12(19)15-14(3,4)13(17)20/h8H,5-7,9H2,1-4H3,(H,15,19). The summed E-state index contributed by atoms with van der Waals surface area (Å²) in [4.78, 5) is 25.9. The van der Waals surface area contributed by atoms with E-state index in [2.05, 4.69) is 10.4 Å². The third kappa shape index (κ3) is 2.84. The Balaban J connectivity index is 2.23. The number of carbonyl (C=O) groups excluding carboxylic acids is 2. The Hall–Kier alpha value is -1.85. The van der Waals surface area contributed by atoms with Crippen molar-refractivity contribution in [3.63, 3.8) is 0 Å². The second kappa shape index (κ2) is 5.26. The number of carbonyl (C=O) groups is 2. The van der Waals surface area contributed by atoms with E-state index < -0.39 is 5.54 Å². The lowest BCUT2D eigenvalue weighted by atomic mass is 10.0. The van der Waals surface area contributed by atoms with Crippen LogP contribution >= 0.6 is 0 Å². The number of amides is 2. The number of aryl methyl sites for hydroxylation is 2. The zero-order valence-electron chi connectivity index (χ0n) is 12.6. The predicted octanol–water partition coefficient (Wildman–Crippen LogP) is 0.839. The molecule has 0 aliphatic carbocycles. The summed E-state index contributed by atoms with van der Waals surface area (Å²) in [5.74, 6) is -0.129. The van der Waals surface area contributed by atoms with Crippen LogP contribution < -0.4 is 5.32 Å². The number of aromatic nitrogens is 2. The average Bonchev–Trinajstić information content (AvgIpc) is 2.68. The lowest BCUT2D eigenvalue weighted by molar-refractivity contribution is -0.137.